The topological polar surface area (TPSA) is 66.4 Å². The van der Waals surface area contributed by atoms with Crippen LogP contribution in [0.4, 0.5) is 0 Å². The predicted octanol–water partition coefficient (Wildman–Crippen LogP) is 2.01. The number of hydrogen-bond donors (Lipinski definition) is 2. The zero-order valence-corrected chi connectivity index (χ0v) is 12.9. The quantitative estimate of drug-likeness (QED) is 0.841. The zero-order chi connectivity index (χ0) is 14.1. The maximum Gasteiger partial charge on any atom is 0.242 e. The molecule has 1 aliphatic rings. The van der Waals surface area contributed by atoms with Gasteiger partial charge in [-0.25, -0.2) is 13.1 Å². The Hall–Kier alpha value is -0.270. The molecule has 106 valence electrons. The molecule has 0 saturated heterocycles. The lowest BCUT2D eigenvalue weighted by atomic mass is 10.2. The standard InChI is InChI=1S/C12H16ClNO3S2/c1-18-12(4-5-12)8-14-19(16,17)11-6-9(7-15)2-3-10(11)13/h2-3,6,14-15H,4-5,7-8H2,1H3. The molecule has 1 saturated carbocycles. The Bertz CT molecular complexity index is 570. The summed E-state index contributed by atoms with van der Waals surface area (Å²) in [5, 5.41) is 9.23. The second-order valence-electron chi connectivity index (χ2n) is 4.63. The van der Waals surface area contributed by atoms with Crippen LogP contribution in [0.1, 0.15) is 18.4 Å². The second-order valence-corrected chi connectivity index (χ2v) is 8.05. The van der Waals surface area contributed by atoms with E-state index in [0.717, 1.165) is 12.8 Å². The Kier molecular flexibility index (Phi) is 4.47. The normalized spacial score (nSPS) is 17.4. The molecule has 0 aliphatic heterocycles. The van der Waals surface area contributed by atoms with Crippen LogP contribution in [0.25, 0.3) is 0 Å². The van der Waals surface area contributed by atoms with Crippen molar-refractivity contribution in [3.8, 4) is 0 Å². The first-order valence-electron chi connectivity index (χ1n) is 5.86. The van der Waals surface area contributed by atoms with Crippen LogP contribution in [0.3, 0.4) is 0 Å². The van der Waals surface area contributed by atoms with Gasteiger partial charge in [0.2, 0.25) is 10.0 Å². The van der Waals surface area contributed by atoms with E-state index in [2.05, 4.69) is 4.72 Å². The van der Waals surface area contributed by atoms with Gasteiger partial charge in [-0.2, -0.15) is 11.8 Å². The highest BCUT2D eigenvalue weighted by molar-refractivity contribution is 8.00. The summed E-state index contributed by atoms with van der Waals surface area (Å²) in [4.78, 5) is 0.0256. The van der Waals surface area contributed by atoms with Gasteiger partial charge in [-0.05, 0) is 36.8 Å². The molecule has 2 rings (SSSR count). The molecule has 0 bridgehead atoms. The Morgan fingerprint density at radius 1 is 1.47 bits per heavy atom. The minimum Gasteiger partial charge on any atom is -0.392 e. The van der Waals surface area contributed by atoms with Gasteiger partial charge in [-0.1, -0.05) is 17.7 Å². The molecular weight excluding hydrogens is 306 g/mol. The SMILES string of the molecule is CSC1(CNS(=O)(=O)c2cc(CO)ccc2Cl)CC1. The highest BCUT2D eigenvalue weighted by Gasteiger charge is 2.42. The zero-order valence-electron chi connectivity index (χ0n) is 10.5. The first kappa shape index (κ1) is 15.1. The van der Waals surface area contributed by atoms with Crippen LogP contribution in [-0.2, 0) is 16.6 Å². The first-order valence-corrected chi connectivity index (χ1v) is 8.95. The fraction of sp³-hybridized carbons (Fsp3) is 0.500. The summed E-state index contributed by atoms with van der Waals surface area (Å²) in [6.07, 6.45) is 4.04. The lowest BCUT2D eigenvalue weighted by molar-refractivity contribution is 0.281. The number of halogens is 1. The molecule has 0 aromatic heterocycles. The van der Waals surface area contributed by atoms with Crippen molar-refractivity contribution in [1.82, 2.24) is 4.72 Å². The average molecular weight is 322 g/mol. The summed E-state index contributed by atoms with van der Waals surface area (Å²) in [6.45, 7) is 0.199. The van der Waals surface area contributed by atoms with Crippen molar-refractivity contribution in [1.29, 1.82) is 0 Å². The Morgan fingerprint density at radius 2 is 2.16 bits per heavy atom. The summed E-state index contributed by atoms with van der Waals surface area (Å²) in [5.74, 6) is 0. The van der Waals surface area contributed by atoms with Crippen molar-refractivity contribution in [2.75, 3.05) is 12.8 Å². The van der Waals surface area contributed by atoms with Gasteiger partial charge in [0.25, 0.3) is 0 Å². The molecule has 0 unspecified atom stereocenters. The number of nitrogens with one attached hydrogen (secondary N) is 1. The number of hydrogen-bond acceptors (Lipinski definition) is 4. The molecule has 0 heterocycles. The molecule has 1 aromatic rings. The van der Waals surface area contributed by atoms with Gasteiger partial charge < -0.3 is 5.11 Å². The largest absolute Gasteiger partial charge is 0.392 e. The van der Waals surface area contributed by atoms with Crippen LogP contribution in [0.2, 0.25) is 5.02 Å². The molecule has 4 nitrogen and oxygen atoms in total. The molecule has 1 fully saturated rings. The molecule has 0 atom stereocenters. The maximum absolute atomic E-state index is 12.2. The fourth-order valence-corrected chi connectivity index (χ4v) is 4.24. The Morgan fingerprint density at radius 3 is 2.68 bits per heavy atom. The summed E-state index contributed by atoms with van der Waals surface area (Å²) in [5.41, 5.74) is 0.524. The fourth-order valence-electron chi connectivity index (χ4n) is 1.75. The van der Waals surface area contributed by atoms with Crippen molar-refractivity contribution in [3.05, 3.63) is 28.8 Å². The molecule has 1 aromatic carbocycles. The monoisotopic (exact) mass is 321 g/mol. The first-order chi connectivity index (χ1) is 8.92. The van der Waals surface area contributed by atoms with E-state index in [1.54, 1.807) is 17.8 Å². The number of aliphatic hydroxyl groups is 1. The molecule has 7 heteroatoms. The van der Waals surface area contributed by atoms with Gasteiger partial charge in [0.15, 0.2) is 0 Å². The Balaban J connectivity index is 2.19. The molecule has 2 N–H and O–H groups in total. The van der Waals surface area contributed by atoms with Gasteiger partial charge in [0.1, 0.15) is 4.90 Å². The maximum atomic E-state index is 12.2. The van der Waals surface area contributed by atoms with Crippen LogP contribution in [0, 0.1) is 0 Å². The smallest absolute Gasteiger partial charge is 0.242 e. The van der Waals surface area contributed by atoms with Crippen LogP contribution in [0.5, 0.6) is 0 Å². The van der Waals surface area contributed by atoms with Crippen LogP contribution in [0.15, 0.2) is 23.1 Å². The molecule has 0 spiro atoms. The highest BCUT2D eigenvalue weighted by atomic mass is 35.5. The third-order valence-corrected chi connectivity index (χ3v) is 6.59. The molecule has 0 amide bonds. The van der Waals surface area contributed by atoms with Crippen molar-refractivity contribution >= 4 is 33.4 Å². The van der Waals surface area contributed by atoms with Crippen LogP contribution < -0.4 is 4.72 Å². The van der Waals surface area contributed by atoms with Gasteiger partial charge in [-0.15, -0.1) is 0 Å². The Labute approximate surface area is 122 Å². The average Bonchev–Trinajstić information content (AvgIpc) is 3.18. The van der Waals surface area contributed by atoms with Gasteiger partial charge in [0.05, 0.1) is 11.6 Å². The van der Waals surface area contributed by atoms with E-state index in [9.17, 15) is 8.42 Å². The lowest BCUT2D eigenvalue weighted by Gasteiger charge is -2.14. The van der Waals surface area contributed by atoms with Gasteiger partial charge >= 0.3 is 0 Å². The van der Waals surface area contributed by atoms with Crippen molar-refractivity contribution in [2.24, 2.45) is 0 Å². The van der Waals surface area contributed by atoms with E-state index in [1.165, 1.54) is 12.1 Å². The van der Waals surface area contributed by atoms with E-state index in [0.29, 0.717) is 12.1 Å². The third-order valence-electron chi connectivity index (χ3n) is 3.29. The molecule has 0 radical (unpaired) electrons. The summed E-state index contributed by atoms with van der Waals surface area (Å²) in [7, 11) is -3.63. The lowest BCUT2D eigenvalue weighted by Crippen LogP contribution is -2.32. The van der Waals surface area contributed by atoms with Crippen LogP contribution in [-0.4, -0.2) is 31.1 Å². The molecule has 1 aliphatic carbocycles. The number of rotatable bonds is 6. The predicted molar refractivity (Wildman–Crippen MR) is 78.0 cm³/mol. The van der Waals surface area contributed by atoms with Gasteiger partial charge in [-0.3, -0.25) is 0 Å². The second kappa shape index (κ2) is 5.61. The summed E-state index contributed by atoms with van der Waals surface area (Å²) >= 11 is 7.62. The third kappa shape index (κ3) is 3.44. The summed E-state index contributed by atoms with van der Waals surface area (Å²) in [6, 6.07) is 4.50. The van der Waals surface area contributed by atoms with E-state index in [-0.39, 0.29) is 21.3 Å². The number of aliphatic hydroxyl groups excluding tert-OH is 1. The number of thioether (sulfide) groups is 1. The van der Waals surface area contributed by atoms with E-state index in [4.69, 9.17) is 16.7 Å². The van der Waals surface area contributed by atoms with Crippen molar-refractivity contribution in [3.63, 3.8) is 0 Å². The highest BCUT2D eigenvalue weighted by Crippen LogP contribution is 2.46. The van der Waals surface area contributed by atoms with E-state index in [1.807, 2.05) is 6.26 Å². The van der Waals surface area contributed by atoms with E-state index >= 15 is 0 Å². The number of benzene rings is 1. The minimum atomic E-state index is -3.63. The molecule has 19 heavy (non-hydrogen) atoms. The minimum absolute atomic E-state index is 0.0256. The molecular formula is C12H16ClNO3S2. The van der Waals surface area contributed by atoms with Gasteiger partial charge in [0, 0.05) is 11.3 Å². The summed E-state index contributed by atoms with van der Waals surface area (Å²) < 4.78 is 27.1. The van der Waals surface area contributed by atoms with Crippen LogP contribution >= 0.6 is 23.4 Å². The van der Waals surface area contributed by atoms with E-state index < -0.39 is 10.0 Å². The number of sulfonamides is 1. The van der Waals surface area contributed by atoms with Crippen molar-refractivity contribution in [2.45, 2.75) is 29.1 Å². The van der Waals surface area contributed by atoms with Crippen molar-refractivity contribution < 1.29 is 13.5 Å².